The zero-order valence-electron chi connectivity index (χ0n) is 29.6. The van der Waals surface area contributed by atoms with Gasteiger partial charge in [-0.2, -0.15) is 0 Å². The molecule has 0 spiro atoms. The molecule has 0 aromatic carbocycles. The topological polar surface area (TPSA) is 90.2 Å². The van der Waals surface area contributed by atoms with Crippen molar-refractivity contribution in [2.45, 2.75) is 231 Å². The number of rotatable bonds is 34. The molecule has 5 nitrogen and oxygen atoms in total. The average Bonchev–Trinajstić information content (AvgIpc) is 3.02. The Morgan fingerprint density at radius 3 is 0.814 bits per heavy atom. The summed E-state index contributed by atoms with van der Waals surface area (Å²) in [5.41, 5.74) is -1.82. The Balaban J connectivity index is 5.90. The SMILES string of the molecule is CCCCCCCCCCC(CCCCCC)(OC(CCCCCC)(CCCCCCCCCC)C(O)CO)C(O)CO. The molecule has 0 radical (unpaired) electrons. The molecule has 0 fully saturated rings. The number of aliphatic hydroxyl groups is 4. The lowest BCUT2D eigenvalue weighted by Crippen LogP contribution is -2.58. The van der Waals surface area contributed by atoms with Crippen LogP contribution in [0.2, 0.25) is 0 Å². The highest BCUT2D eigenvalue weighted by molar-refractivity contribution is 4.97. The van der Waals surface area contributed by atoms with Crippen molar-refractivity contribution < 1.29 is 25.2 Å². The fourth-order valence-electron chi connectivity index (χ4n) is 6.81. The van der Waals surface area contributed by atoms with E-state index in [0.29, 0.717) is 25.7 Å². The van der Waals surface area contributed by atoms with Crippen LogP contribution >= 0.6 is 0 Å². The molecule has 5 heteroatoms. The van der Waals surface area contributed by atoms with Crippen molar-refractivity contribution in [1.29, 1.82) is 0 Å². The zero-order chi connectivity index (χ0) is 32.1. The molecule has 0 bridgehead atoms. The minimum absolute atomic E-state index is 0.344. The van der Waals surface area contributed by atoms with Gasteiger partial charge in [0.05, 0.1) is 24.4 Å². The molecule has 0 rings (SSSR count). The summed E-state index contributed by atoms with van der Waals surface area (Å²) in [5.74, 6) is 0. The Hall–Kier alpha value is -0.200. The first kappa shape index (κ1) is 42.8. The van der Waals surface area contributed by atoms with Crippen LogP contribution in [-0.2, 0) is 4.74 Å². The van der Waals surface area contributed by atoms with Crippen LogP contribution in [0, 0.1) is 0 Å². The van der Waals surface area contributed by atoms with E-state index in [4.69, 9.17) is 4.74 Å². The van der Waals surface area contributed by atoms with Gasteiger partial charge in [0.1, 0.15) is 12.2 Å². The van der Waals surface area contributed by atoms with Gasteiger partial charge in [-0.1, -0.05) is 182 Å². The summed E-state index contributed by atoms with van der Waals surface area (Å²) in [6.45, 7) is 8.22. The third-order valence-corrected chi connectivity index (χ3v) is 9.78. The molecule has 0 aliphatic rings. The largest absolute Gasteiger partial charge is 0.394 e. The standard InChI is InChI=1S/C38H78O5/c1-5-9-13-17-19-21-23-27-31-37(35(41)33-39,29-25-15-11-7-3)43-38(36(42)34-40,30-26-16-12-8-4)32-28-24-22-20-18-14-10-6-2/h35-36,39-42H,5-34H2,1-4H3. The molecule has 0 heterocycles. The monoisotopic (exact) mass is 615 g/mol. The summed E-state index contributed by atoms with van der Waals surface area (Å²) in [4.78, 5) is 0. The van der Waals surface area contributed by atoms with Crippen molar-refractivity contribution >= 4 is 0 Å². The quantitative estimate of drug-likeness (QED) is 0.0542. The first-order valence-corrected chi connectivity index (χ1v) is 19.2. The molecule has 260 valence electrons. The van der Waals surface area contributed by atoms with E-state index in [1.54, 1.807) is 0 Å². The molecule has 4 unspecified atom stereocenters. The third kappa shape index (κ3) is 19.8. The van der Waals surface area contributed by atoms with Crippen LogP contribution < -0.4 is 0 Å². The van der Waals surface area contributed by atoms with Crippen LogP contribution in [0.5, 0.6) is 0 Å². The summed E-state index contributed by atoms with van der Waals surface area (Å²) < 4.78 is 7.19. The fourth-order valence-corrected chi connectivity index (χ4v) is 6.81. The van der Waals surface area contributed by atoms with Crippen molar-refractivity contribution in [2.75, 3.05) is 13.2 Å². The lowest BCUT2D eigenvalue weighted by atomic mass is 9.79. The molecule has 4 atom stereocenters. The number of hydrogen-bond donors (Lipinski definition) is 4. The maximum atomic E-state index is 11.4. The lowest BCUT2D eigenvalue weighted by Gasteiger charge is -2.48. The molecule has 0 aromatic rings. The molecule has 43 heavy (non-hydrogen) atoms. The van der Waals surface area contributed by atoms with Crippen LogP contribution in [0.3, 0.4) is 0 Å². The molecule has 0 aliphatic carbocycles. The Morgan fingerprint density at radius 2 is 0.581 bits per heavy atom. The highest BCUT2D eigenvalue weighted by atomic mass is 16.6. The van der Waals surface area contributed by atoms with E-state index in [9.17, 15) is 20.4 Å². The molecule has 0 aliphatic heterocycles. The van der Waals surface area contributed by atoms with E-state index >= 15 is 0 Å². The second-order valence-electron chi connectivity index (χ2n) is 13.7. The van der Waals surface area contributed by atoms with Crippen molar-refractivity contribution in [3.05, 3.63) is 0 Å². The highest BCUT2D eigenvalue weighted by Crippen LogP contribution is 2.41. The first-order chi connectivity index (χ1) is 20.9. The molecule has 0 amide bonds. The number of ether oxygens (including phenoxy) is 1. The van der Waals surface area contributed by atoms with Gasteiger partial charge < -0.3 is 25.2 Å². The van der Waals surface area contributed by atoms with Crippen LogP contribution in [0.4, 0.5) is 0 Å². The molecule has 0 aromatic heterocycles. The van der Waals surface area contributed by atoms with Gasteiger partial charge >= 0.3 is 0 Å². The fraction of sp³-hybridized carbons (Fsp3) is 1.00. The van der Waals surface area contributed by atoms with Gasteiger partial charge in [-0.3, -0.25) is 0 Å². The minimum atomic E-state index is -1.00. The minimum Gasteiger partial charge on any atom is -0.394 e. The van der Waals surface area contributed by atoms with E-state index in [2.05, 4.69) is 27.7 Å². The maximum Gasteiger partial charge on any atom is 0.106 e. The van der Waals surface area contributed by atoms with Crippen LogP contribution in [0.25, 0.3) is 0 Å². The number of unbranched alkanes of at least 4 members (excludes halogenated alkanes) is 20. The van der Waals surface area contributed by atoms with E-state index in [0.717, 1.165) is 77.0 Å². The van der Waals surface area contributed by atoms with Gasteiger partial charge in [-0.05, 0) is 25.7 Å². The maximum absolute atomic E-state index is 11.4. The number of aliphatic hydroxyl groups excluding tert-OH is 4. The van der Waals surface area contributed by atoms with Gasteiger partial charge in [-0.25, -0.2) is 0 Å². The predicted molar refractivity (Wildman–Crippen MR) is 185 cm³/mol. The van der Waals surface area contributed by atoms with Crippen molar-refractivity contribution in [1.82, 2.24) is 0 Å². The molecule has 0 saturated heterocycles. The van der Waals surface area contributed by atoms with Crippen LogP contribution in [0.15, 0.2) is 0 Å². The summed E-state index contributed by atoms with van der Waals surface area (Å²) in [5, 5.41) is 43.5. The first-order valence-electron chi connectivity index (χ1n) is 19.2. The summed E-state index contributed by atoms with van der Waals surface area (Å²) in [6.07, 6.45) is 28.5. The average molecular weight is 615 g/mol. The van der Waals surface area contributed by atoms with E-state index in [1.807, 2.05) is 0 Å². The highest BCUT2D eigenvalue weighted by Gasteiger charge is 2.48. The van der Waals surface area contributed by atoms with Gasteiger partial charge in [0, 0.05) is 0 Å². The van der Waals surface area contributed by atoms with E-state index in [-0.39, 0.29) is 13.2 Å². The van der Waals surface area contributed by atoms with Gasteiger partial charge in [-0.15, -0.1) is 0 Å². The van der Waals surface area contributed by atoms with E-state index < -0.39 is 23.4 Å². The number of hydrogen-bond acceptors (Lipinski definition) is 5. The van der Waals surface area contributed by atoms with Crippen LogP contribution in [0.1, 0.15) is 207 Å². The second kappa shape index (κ2) is 29.2. The second-order valence-corrected chi connectivity index (χ2v) is 13.7. The normalized spacial score (nSPS) is 16.2. The molecule has 4 N–H and O–H groups in total. The Morgan fingerprint density at radius 1 is 0.372 bits per heavy atom. The predicted octanol–water partition coefficient (Wildman–Crippen LogP) is 10.2. The van der Waals surface area contributed by atoms with Gasteiger partial charge in [0.25, 0.3) is 0 Å². The van der Waals surface area contributed by atoms with Crippen LogP contribution in [-0.4, -0.2) is 57.0 Å². The van der Waals surface area contributed by atoms with Gasteiger partial charge in [0.2, 0.25) is 0 Å². The summed E-state index contributed by atoms with van der Waals surface area (Å²) in [6, 6.07) is 0. The molecular weight excluding hydrogens is 536 g/mol. The smallest absolute Gasteiger partial charge is 0.106 e. The van der Waals surface area contributed by atoms with Crippen molar-refractivity contribution in [3.8, 4) is 0 Å². The Kier molecular flexibility index (Phi) is 29.1. The van der Waals surface area contributed by atoms with Crippen molar-refractivity contribution in [2.24, 2.45) is 0 Å². The Labute approximate surface area is 269 Å². The van der Waals surface area contributed by atoms with E-state index in [1.165, 1.54) is 77.0 Å². The zero-order valence-corrected chi connectivity index (χ0v) is 29.6. The molecular formula is C38H78O5. The van der Waals surface area contributed by atoms with Crippen molar-refractivity contribution in [3.63, 3.8) is 0 Å². The summed E-state index contributed by atoms with van der Waals surface area (Å²) in [7, 11) is 0. The molecule has 0 saturated carbocycles. The Bertz CT molecular complexity index is 525. The summed E-state index contributed by atoms with van der Waals surface area (Å²) >= 11 is 0. The third-order valence-electron chi connectivity index (χ3n) is 9.78. The lowest BCUT2D eigenvalue weighted by molar-refractivity contribution is -0.253. The van der Waals surface area contributed by atoms with Gasteiger partial charge in [0.15, 0.2) is 0 Å².